The summed E-state index contributed by atoms with van der Waals surface area (Å²) in [7, 11) is 0. The van der Waals surface area contributed by atoms with Crippen LogP contribution in [0.3, 0.4) is 0 Å². The number of amides is 1. The number of nitrogens with one attached hydrogen (secondary N) is 1. The number of aliphatic hydroxyl groups is 1. The van der Waals surface area contributed by atoms with Crippen LogP contribution < -0.4 is 5.32 Å². The van der Waals surface area contributed by atoms with Gasteiger partial charge in [-0.05, 0) is 45.8 Å². The van der Waals surface area contributed by atoms with Crippen LogP contribution in [0.25, 0.3) is 0 Å². The summed E-state index contributed by atoms with van der Waals surface area (Å²) in [5.74, 6) is -0.290. The Morgan fingerprint density at radius 1 is 1.26 bits per heavy atom. The van der Waals surface area contributed by atoms with Crippen LogP contribution in [-0.4, -0.2) is 11.0 Å². The molecular weight excluding hydrogens is 330 g/mol. The first-order valence-electron chi connectivity index (χ1n) is 5.57. The minimum Gasteiger partial charge on any atom is -0.392 e. The average Bonchev–Trinajstić information content (AvgIpc) is 2.42. The van der Waals surface area contributed by atoms with E-state index >= 15 is 0 Å². The lowest BCUT2D eigenvalue weighted by Gasteiger charge is -2.08. The highest BCUT2D eigenvalue weighted by atomic mass is 79.9. The van der Waals surface area contributed by atoms with E-state index in [0.717, 1.165) is 5.56 Å². The quantitative estimate of drug-likeness (QED) is 0.891. The number of hydrogen-bond acceptors (Lipinski definition) is 2. The van der Waals surface area contributed by atoms with Crippen molar-refractivity contribution in [2.75, 3.05) is 5.32 Å². The summed E-state index contributed by atoms with van der Waals surface area (Å²) in [5, 5.41) is 12.2. The van der Waals surface area contributed by atoms with Crippen molar-refractivity contribution in [3.05, 3.63) is 63.1 Å². The van der Waals surface area contributed by atoms with E-state index in [-0.39, 0.29) is 12.5 Å². The van der Waals surface area contributed by atoms with Gasteiger partial charge in [0.05, 0.1) is 17.2 Å². The molecule has 0 bridgehead atoms. The third-order valence-electron chi connectivity index (χ3n) is 2.56. The predicted octanol–water partition coefficient (Wildman–Crippen LogP) is 3.85. The normalized spacial score (nSPS) is 10.3. The minimum atomic E-state index is -0.290. The average molecular weight is 341 g/mol. The van der Waals surface area contributed by atoms with Crippen molar-refractivity contribution >= 4 is 39.1 Å². The predicted molar refractivity (Wildman–Crippen MR) is 79.5 cm³/mol. The van der Waals surface area contributed by atoms with E-state index in [1.165, 1.54) is 0 Å². The Labute approximate surface area is 124 Å². The van der Waals surface area contributed by atoms with Crippen molar-refractivity contribution in [1.29, 1.82) is 0 Å². The molecule has 0 unspecified atom stereocenters. The van der Waals surface area contributed by atoms with Gasteiger partial charge in [0.2, 0.25) is 0 Å². The molecule has 19 heavy (non-hydrogen) atoms. The molecule has 0 spiro atoms. The highest BCUT2D eigenvalue weighted by molar-refractivity contribution is 9.10. The molecule has 0 fully saturated rings. The van der Waals surface area contributed by atoms with Crippen molar-refractivity contribution in [1.82, 2.24) is 0 Å². The van der Waals surface area contributed by atoms with E-state index < -0.39 is 0 Å². The number of carbonyl (C=O) groups is 1. The maximum atomic E-state index is 12.1. The zero-order valence-electron chi connectivity index (χ0n) is 9.86. The van der Waals surface area contributed by atoms with Crippen molar-refractivity contribution in [2.45, 2.75) is 6.61 Å². The summed E-state index contributed by atoms with van der Waals surface area (Å²) < 4.78 is 0.672. The standard InChI is InChI=1S/C14H11BrClNO2/c15-12-6-2-5-11(13(12)16)14(19)17-10-4-1-3-9(7-10)8-18/h1-7,18H,8H2,(H,17,19). The Balaban J connectivity index is 2.23. The molecule has 0 saturated heterocycles. The smallest absolute Gasteiger partial charge is 0.257 e. The molecule has 0 atom stereocenters. The van der Waals surface area contributed by atoms with Crippen molar-refractivity contribution in [3.63, 3.8) is 0 Å². The van der Waals surface area contributed by atoms with Crippen molar-refractivity contribution < 1.29 is 9.90 Å². The summed E-state index contributed by atoms with van der Waals surface area (Å²) in [4.78, 5) is 12.1. The van der Waals surface area contributed by atoms with E-state index in [1.54, 1.807) is 42.5 Å². The van der Waals surface area contributed by atoms with E-state index in [1.807, 2.05) is 0 Å². The second kappa shape index (κ2) is 6.19. The van der Waals surface area contributed by atoms with Crippen LogP contribution in [0.4, 0.5) is 5.69 Å². The zero-order chi connectivity index (χ0) is 13.8. The molecule has 3 nitrogen and oxygen atoms in total. The number of rotatable bonds is 3. The lowest BCUT2D eigenvalue weighted by molar-refractivity contribution is 0.102. The molecule has 2 aromatic rings. The number of hydrogen-bond donors (Lipinski definition) is 2. The van der Waals surface area contributed by atoms with E-state index in [2.05, 4.69) is 21.2 Å². The van der Waals surface area contributed by atoms with Crippen LogP contribution in [-0.2, 0) is 6.61 Å². The van der Waals surface area contributed by atoms with Gasteiger partial charge in [0.25, 0.3) is 5.91 Å². The molecule has 2 aromatic carbocycles. The number of benzene rings is 2. The lowest BCUT2D eigenvalue weighted by Crippen LogP contribution is -2.12. The second-order valence-electron chi connectivity index (χ2n) is 3.91. The number of halogens is 2. The van der Waals surface area contributed by atoms with Crippen LogP contribution in [0.2, 0.25) is 5.02 Å². The molecule has 0 aliphatic carbocycles. The first kappa shape index (κ1) is 14.1. The van der Waals surface area contributed by atoms with Gasteiger partial charge in [0, 0.05) is 10.2 Å². The molecule has 0 heterocycles. The molecule has 0 aliphatic rings. The van der Waals surface area contributed by atoms with Crippen molar-refractivity contribution in [2.24, 2.45) is 0 Å². The first-order chi connectivity index (χ1) is 9.11. The molecule has 2 rings (SSSR count). The SMILES string of the molecule is O=C(Nc1cccc(CO)c1)c1cccc(Br)c1Cl. The molecule has 0 saturated carbocycles. The highest BCUT2D eigenvalue weighted by Gasteiger charge is 2.12. The summed E-state index contributed by atoms with van der Waals surface area (Å²) in [6, 6.07) is 12.2. The van der Waals surface area contributed by atoms with Gasteiger partial charge in [-0.15, -0.1) is 0 Å². The van der Waals surface area contributed by atoms with Gasteiger partial charge in [-0.25, -0.2) is 0 Å². The van der Waals surface area contributed by atoms with Gasteiger partial charge < -0.3 is 10.4 Å². The Hall–Kier alpha value is -1.36. The molecule has 98 valence electrons. The van der Waals surface area contributed by atoms with Gasteiger partial charge in [-0.2, -0.15) is 0 Å². The van der Waals surface area contributed by atoms with Gasteiger partial charge in [-0.3, -0.25) is 4.79 Å². The Morgan fingerprint density at radius 3 is 2.74 bits per heavy atom. The topological polar surface area (TPSA) is 49.3 Å². The van der Waals surface area contributed by atoms with Gasteiger partial charge in [0.15, 0.2) is 0 Å². The fourth-order valence-corrected chi connectivity index (χ4v) is 2.20. The molecule has 5 heteroatoms. The fourth-order valence-electron chi connectivity index (χ4n) is 1.63. The Kier molecular flexibility index (Phi) is 4.58. The largest absolute Gasteiger partial charge is 0.392 e. The van der Waals surface area contributed by atoms with Gasteiger partial charge in [-0.1, -0.05) is 29.8 Å². The third kappa shape index (κ3) is 3.35. The highest BCUT2D eigenvalue weighted by Crippen LogP contribution is 2.26. The minimum absolute atomic E-state index is 0.0681. The molecule has 1 amide bonds. The number of carbonyl (C=O) groups excluding carboxylic acids is 1. The van der Waals surface area contributed by atoms with Gasteiger partial charge >= 0.3 is 0 Å². The summed E-state index contributed by atoms with van der Waals surface area (Å²) in [6.45, 7) is -0.0681. The molecular formula is C14H11BrClNO2. The summed E-state index contributed by atoms with van der Waals surface area (Å²) in [6.07, 6.45) is 0. The maximum Gasteiger partial charge on any atom is 0.257 e. The summed E-state index contributed by atoms with van der Waals surface area (Å²) in [5.41, 5.74) is 1.75. The molecule has 0 aliphatic heterocycles. The molecule has 0 radical (unpaired) electrons. The van der Waals surface area contributed by atoms with Crippen LogP contribution >= 0.6 is 27.5 Å². The van der Waals surface area contributed by atoms with Crippen LogP contribution in [0, 0.1) is 0 Å². The fraction of sp³-hybridized carbons (Fsp3) is 0.0714. The zero-order valence-corrected chi connectivity index (χ0v) is 12.2. The molecule has 0 aromatic heterocycles. The van der Waals surface area contributed by atoms with Crippen molar-refractivity contribution in [3.8, 4) is 0 Å². The van der Waals surface area contributed by atoms with E-state index in [4.69, 9.17) is 16.7 Å². The Morgan fingerprint density at radius 2 is 2.00 bits per heavy atom. The van der Waals surface area contributed by atoms with Crippen LogP contribution in [0.5, 0.6) is 0 Å². The molecule has 2 N–H and O–H groups in total. The van der Waals surface area contributed by atoms with E-state index in [0.29, 0.717) is 20.7 Å². The second-order valence-corrected chi connectivity index (χ2v) is 5.15. The van der Waals surface area contributed by atoms with Gasteiger partial charge in [0.1, 0.15) is 0 Å². The third-order valence-corrected chi connectivity index (χ3v) is 3.86. The number of anilines is 1. The summed E-state index contributed by atoms with van der Waals surface area (Å²) >= 11 is 9.34. The lowest BCUT2D eigenvalue weighted by atomic mass is 10.2. The van der Waals surface area contributed by atoms with E-state index in [9.17, 15) is 4.79 Å². The maximum absolute atomic E-state index is 12.1. The van der Waals surface area contributed by atoms with Crippen LogP contribution in [0.15, 0.2) is 46.9 Å². The Bertz CT molecular complexity index is 616. The van der Waals surface area contributed by atoms with Crippen LogP contribution in [0.1, 0.15) is 15.9 Å². The first-order valence-corrected chi connectivity index (χ1v) is 6.74. The number of aliphatic hydroxyl groups excluding tert-OH is 1. The monoisotopic (exact) mass is 339 g/mol.